The molecular formula is C16H19N3O. The minimum absolute atomic E-state index is 0.0270. The number of H-pyrrole nitrogens is 1. The molecule has 0 radical (unpaired) electrons. The van der Waals surface area contributed by atoms with Crippen LogP contribution < -0.4 is 10.6 Å². The van der Waals surface area contributed by atoms with Gasteiger partial charge in [0, 0.05) is 18.3 Å². The van der Waals surface area contributed by atoms with E-state index in [1.54, 1.807) is 0 Å². The number of hydrogen-bond donors (Lipinski definition) is 3. The Kier molecular flexibility index (Phi) is 3.83. The van der Waals surface area contributed by atoms with Crippen LogP contribution in [0, 0.1) is 0 Å². The minimum atomic E-state index is -0.0270. The first-order valence-corrected chi connectivity index (χ1v) is 7.09. The lowest BCUT2D eigenvalue weighted by atomic mass is 10.1. The molecule has 1 atom stereocenters. The Morgan fingerprint density at radius 3 is 2.75 bits per heavy atom. The second-order valence-corrected chi connectivity index (χ2v) is 5.17. The molecular weight excluding hydrogens is 250 g/mol. The molecule has 1 unspecified atom stereocenters. The van der Waals surface area contributed by atoms with Gasteiger partial charge in [-0.2, -0.15) is 0 Å². The van der Waals surface area contributed by atoms with E-state index < -0.39 is 0 Å². The fourth-order valence-corrected chi connectivity index (χ4v) is 2.55. The fraction of sp³-hybridized carbons (Fsp3) is 0.312. The number of benzene rings is 1. The highest BCUT2D eigenvalue weighted by Gasteiger charge is 2.17. The molecule has 1 amide bonds. The van der Waals surface area contributed by atoms with Gasteiger partial charge in [-0.25, -0.2) is 0 Å². The first-order valence-electron chi connectivity index (χ1n) is 7.09. The Balaban J connectivity index is 1.68. The maximum atomic E-state index is 12.2. The quantitative estimate of drug-likeness (QED) is 0.800. The summed E-state index contributed by atoms with van der Waals surface area (Å²) in [6, 6.07) is 14.0. The number of hydrogen-bond acceptors (Lipinski definition) is 2. The van der Waals surface area contributed by atoms with Crippen LogP contribution in [-0.2, 0) is 0 Å². The zero-order valence-electron chi connectivity index (χ0n) is 11.4. The zero-order valence-corrected chi connectivity index (χ0v) is 11.4. The summed E-state index contributed by atoms with van der Waals surface area (Å²) in [4.78, 5) is 15.4. The van der Waals surface area contributed by atoms with E-state index in [1.807, 2.05) is 42.5 Å². The topological polar surface area (TPSA) is 56.9 Å². The van der Waals surface area contributed by atoms with Crippen LogP contribution in [0.15, 0.2) is 42.5 Å². The summed E-state index contributed by atoms with van der Waals surface area (Å²) in [6.45, 7) is 1.91. The van der Waals surface area contributed by atoms with Crippen LogP contribution in [0.1, 0.15) is 23.3 Å². The Labute approximate surface area is 118 Å². The second kappa shape index (κ2) is 5.92. The van der Waals surface area contributed by atoms with Crippen molar-refractivity contribution in [3.8, 4) is 11.3 Å². The molecule has 0 spiro atoms. The van der Waals surface area contributed by atoms with Gasteiger partial charge < -0.3 is 15.6 Å². The third-order valence-electron chi connectivity index (χ3n) is 3.65. The summed E-state index contributed by atoms with van der Waals surface area (Å²) in [6.07, 6.45) is 2.16. The predicted molar refractivity (Wildman–Crippen MR) is 79.6 cm³/mol. The highest BCUT2D eigenvalue weighted by atomic mass is 16.1. The molecule has 1 aliphatic heterocycles. The Morgan fingerprint density at radius 1 is 1.15 bits per heavy atom. The van der Waals surface area contributed by atoms with E-state index in [0.29, 0.717) is 5.69 Å². The van der Waals surface area contributed by atoms with Crippen molar-refractivity contribution in [1.82, 2.24) is 15.6 Å². The standard InChI is InChI=1S/C16H19N3O/c20-16(18-13-7-4-10-17-11-13)15-9-8-14(19-15)12-5-2-1-3-6-12/h1-3,5-6,8-9,13,17,19H,4,7,10-11H2,(H,18,20). The van der Waals surface area contributed by atoms with E-state index >= 15 is 0 Å². The summed E-state index contributed by atoms with van der Waals surface area (Å²) in [5.41, 5.74) is 2.68. The van der Waals surface area contributed by atoms with E-state index in [-0.39, 0.29) is 11.9 Å². The van der Waals surface area contributed by atoms with Crippen LogP contribution in [-0.4, -0.2) is 30.0 Å². The van der Waals surface area contributed by atoms with Crippen LogP contribution in [0.2, 0.25) is 0 Å². The zero-order chi connectivity index (χ0) is 13.8. The largest absolute Gasteiger partial charge is 0.351 e. The summed E-state index contributed by atoms with van der Waals surface area (Å²) >= 11 is 0. The SMILES string of the molecule is O=C(NC1CCCNC1)c1ccc(-c2ccccc2)[nH]1. The van der Waals surface area contributed by atoms with Gasteiger partial charge in [0.15, 0.2) is 0 Å². The number of aromatic amines is 1. The Morgan fingerprint density at radius 2 is 2.00 bits per heavy atom. The molecule has 4 nitrogen and oxygen atoms in total. The average Bonchev–Trinajstić information content (AvgIpc) is 2.99. The molecule has 0 aliphatic carbocycles. The fourth-order valence-electron chi connectivity index (χ4n) is 2.55. The van der Waals surface area contributed by atoms with Gasteiger partial charge in [-0.3, -0.25) is 4.79 Å². The van der Waals surface area contributed by atoms with Gasteiger partial charge in [-0.1, -0.05) is 30.3 Å². The molecule has 1 fully saturated rings. The molecule has 2 aromatic rings. The summed E-state index contributed by atoms with van der Waals surface area (Å²) in [5.74, 6) is -0.0270. The van der Waals surface area contributed by atoms with Crippen LogP contribution in [0.4, 0.5) is 0 Å². The van der Waals surface area contributed by atoms with E-state index in [4.69, 9.17) is 0 Å². The van der Waals surface area contributed by atoms with Crippen molar-refractivity contribution in [3.05, 3.63) is 48.2 Å². The Bertz CT molecular complexity index is 570. The lowest BCUT2D eigenvalue weighted by Gasteiger charge is -2.23. The van der Waals surface area contributed by atoms with Crippen LogP contribution >= 0.6 is 0 Å². The van der Waals surface area contributed by atoms with Crippen molar-refractivity contribution in [2.45, 2.75) is 18.9 Å². The highest BCUT2D eigenvalue weighted by Crippen LogP contribution is 2.18. The molecule has 0 saturated carbocycles. The molecule has 4 heteroatoms. The molecule has 2 heterocycles. The van der Waals surface area contributed by atoms with Crippen molar-refractivity contribution in [3.63, 3.8) is 0 Å². The summed E-state index contributed by atoms with van der Waals surface area (Å²) < 4.78 is 0. The number of carbonyl (C=O) groups excluding carboxylic acids is 1. The van der Waals surface area contributed by atoms with Crippen molar-refractivity contribution in [1.29, 1.82) is 0 Å². The number of rotatable bonds is 3. The summed E-state index contributed by atoms with van der Waals surface area (Å²) in [7, 11) is 0. The van der Waals surface area contributed by atoms with Gasteiger partial charge in [0.2, 0.25) is 0 Å². The highest BCUT2D eigenvalue weighted by molar-refractivity contribution is 5.93. The molecule has 1 aliphatic rings. The number of amides is 1. The molecule has 104 valence electrons. The first kappa shape index (κ1) is 12.9. The van der Waals surface area contributed by atoms with Gasteiger partial charge in [-0.15, -0.1) is 0 Å². The Hall–Kier alpha value is -2.07. The van der Waals surface area contributed by atoms with Gasteiger partial charge in [0.05, 0.1) is 0 Å². The molecule has 20 heavy (non-hydrogen) atoms. The number of piperidine rings is 1. The van der Waals surface area contributed by atoms with Gasteiger partial charge in [0.1, 0.15) is 5.69 Å². The maximum Gasteiger partial charge on any atom is 0.267 e. The molecule has 3 rings (SSSR count). The van der Waals surface area contributed by atoms with E-state index in [9.17, 15) is 4.79 Å². The van der Waals surface area contributed by atoms with Crippen molar-refractivity contribution in [2.24, 2.45) is 0 Å². The average molecular weight is 269 g/mol. The lowest BCUT2D eigenvalue weighted by Crippen LogP contribution is -2.45. The third kappa shape index (κ3) is 2.91. The van der Waals surface area contributed by atoms with Gasteiger partial charge in [-0.05, 0) is 37.1 Å². The predicted octanol–water partition coefficient (Wildman–Crippen LogP) is 2.16. The third-order valence-corrected chi connectivity index (χ3v) is 3.65. The number of nitrogens with one attached hydrogen (secondary N) is 3. The van der Waals surface area contributed by atoms with Crippen molar-refractivity contribution < 1.29 is 4.79 Å². The second-order valence-electron chi connectivity index (χ2n) is 5.17. The first-order chi connectivity index (χ1) is 9.83. The lowest BCUT2D eigenvalue weighted by molar-refractivity contribution is 0.0926. The minimum Gasteiger partial charge on any atom is -0.351 e. The van der Waals surface area contributed by atoms with Crippen LogP contribution in [0.25, 0.3) is 11.3 Å². The normalized spacial score (nSPS) is 18.7. The van der Waals surface area contributed by atoms with Crippen LogP contribution in [0.5, 0.6) is 0 Å². The van der Waals surface area contributed by atoms with Crippen LogP contribution in [0.3, 0.4) is 0 Å². The van der Waals surface area contributed by atoms with E-state index in [1.165, 1.54) is 0 Å². The van der Waals surface area contributed by atoms with E-state index in [2.05, 4.69) is 15.6 Å². The molecule has 1 aromatic carbocycles. The van der Waals surface area contributed by atoms with Gasteiger partial charge >= 0.3 is 0 Å². The molecule has 0 bridgehead atoms. The number of aromatic nitrogens is 1. The number of carbonyl (C=O) groups is 1. The smallest absolute Gasteiger partial charge is 0.267 e. The van der Waals surface area contributed by atoms with Crippen molar-refractivity contribution >= 4 is 5.91 Å². The molecule has 3 N–H and O–H groups in total. The van der Waals surface area contributed by atoms with E-state index in [0.717, 1.165) is 37.2 Å². The maximum absolute atomic E-state index is 12.2. The van der Waals surface area contributed by atoms with Crippen molar-refractivity contribution in [2.75, 3.05) is 13.1 Å². The summed E-state index contributed by atoms with van der Waals surface area (Å²) in [5, 5.41) is 6.37. The molecule has 1 aromatic heterocycles. The van der Waals surface area contributed by atoms with Gasteiger partial charge in [0.25, 0.3) is 5.91 Å². The monoisotopic (exact) mass is 269 g/mol. The molecule has 1 saturated heterocycles.